The second-order valence-corrected chi connectivity index (χ2v) is 5.68. The number of nitrogens with zero attached hydrogens (tertiary/aromatic N) is 2. The number of guanidine groups is 1. The van der Waals surface area contributed by atoms with E-state index in [4.69, 9.17) is 0 Å². The molecule has 21 heavy (non-hydrogen) atoms. The van der Waals surface area contributed by atoms with Crippen molar-refractivity contribution in [3.05, 3.63) is 0 Å². The second kappa shape index (κ2) is 8.46. The molecular formula is C14H27F3N4. The fourth-order valence-electron chi connectivity index (χ4n) is 2.68. The molecular weight excluding hydrogens is 281 g/mol. The number of likely N-dealkylation sites (tertiary alicyclic amines) is 1. The molecule has 0 amide bonds. The summed E-state index contributed by atoms with van der Waals surface area (Å²) in [7, 11) is 1.57. The van der Waals surface area contributed by atoms with Gasteiger partial charge in [0.15, 0.2) is 5.96 Å². The molecule has 0 bridgehead atoms. The third-order valence-corrected chi connectivity index (χ3v) is 3.91. The third-order valence-electron chi connectivity index (χ3n) is 3.91. The second-order valence-electron chi connectivity index (χ2n) is 5.68. The Kier molecular flexibility index (Phi) is 7.28. The van der Waals surface area contributed by atoms with Crippen molar-refractivity contribution in [2.24, 2.45) is 4.99 Å². The molecule has 1 heterocycles. The van der Waals surface area contributed by atoms with E-state index in [0.717, 1.165) is 6.54 Å². The first kappa shape index (κ1) is 18.1. The van der Waals surface area contributed by atoms with Gasteiger partial charge >= 0.3 is 6.18 Å². The average molecular weight is 308 g/mol. The molecule has 1 saturated heterocycles. The molecule has 2 atom stereocenters. The number of hydrogen-bond donors (Lipinski definition) is 2. The summed E-state index contributed by atoms with van der Waals surface area (Å²) in [6.07, 6.45) is -1.29. The molecule has 0 spiro atoms. The van der Waals surface area contributed by atoms with Gasteiger partial charge in [0.25, 0.3) is 0 Å². The quantitative estimate of drug-likeness (QED) is 0.605. The summed E-state index contributed by atoms with van der Waals surface area (Å²) in [4.78, 5) is 6.40. The Bertz CT molecular complexity index is 331. The highest BCUT2D eigenvalue weighted by Crippen LogP contribution is 2.19. The summed E-state index contributed by atoms with van der Waals surface area (Å²) in [5, 5.41) is 5.80. The first-order valence-corrected chi connectivity index (χ1v) is 7.60. The molecule has 0 aliphatic carbocycles. The lowest BCUT2D eigenvalue weighted by Gasteiger charge is -2.38. The number of rotatable bonds is 5. The van der Waals surface area contributed by atoms with Crippen LogP contribution in [-0.2, 0) is 0 Å². The highest BCUT2D eigenvalue weighted by atomic mass is 19.4. The van der Waals surface area contributed by atoms with Gasteiger partial charge in [-0.15, -0.1) is 0 Å². The molecule has 4 nitrogen and oxygen atoms in total. The lowest BCUT2D eigenvalue weighted by Crippen LogP contribution is -2.50. The van der Waals surface area contributed by atoms with E-state index >= 15 is 0 Å². The first-order valence-electron chi connectivity index (χ1n) is 7.60. The van der Waals surface area contributed by atoms with Crippen molar-refractivity contribution in [1.29, 1.82) is 0 Å². The Morgan fingerprint density at radius 2 is 2.05 bits per heavy atom. The number of nitrogens with one attached hydrogen (secondary N) is 2. The van der Waals surface area contributed by atoms with Crippen LogP contribution in [0.2, 0.25) is 0 Å². The topological polar surface area (TPSA) is 39.7 Å². The van der Waals surface area contributed by atoms with Crippen LogP contribution in [0.3, 0.4) is 0 Å². The van der Waals surface area contributed by atoms with Gasteiger partial charge in [-0.05, 0) is 33.2 Å². The summed E-state index contributed by atoms with van der Waals surface area (Å²) in [6.45, 7) is 5.97. The molecule has 0 aromatic rings. The average Bonchev–Trinajstić information content (AvgIpc) is 2.41. The predicted molar refractivity (Wildman–Crippen MR) is 79.5 cm³/mol. The molecule has 0 saturated carbocycles. The molecule has 0 radical (unpaired) electrons. The molecule has 2 unspecified atom stereocenters. The Balaban J connectivity index is 2.30. The lowest BCUT2D eigenvalue weighted by atomic mass is 10.0. The van der Waals surface area contributed by atoms with Crippen molar-refractivity contribution >= 4 is 5.96 Å². The van der Waals surface area contributed by atoms with E-state index in [1.807, 2.05) is 0 Å². The summed E-state index contributed by atoms with van der Waals surface area (Å²) >= 11 is 0. The van der Waals surface area contributed by atoms with E-state index < -0.39 is 12.6 Å². The Labute approximate surface area is 125 Å². The number of piperidine rings is 1. The minimum absolute atomic E-state index is 0.155. The van der Waals surface area contributed by atoms with Crippen LogP contribution in [0.4, 0.5) is 13.2 Å². The van der Waals surface area contributed by atoms with Gasteiger partial charge in [-0.25, -0.2) is 0 Å². The van der Waals surface area contributed by atoms with E-state index in [0.29, 0.717) is 24.6 Å². The van der Waals surface area contributed by atoms with E-state index in [2.05, 4.69) is 34.4 Å². The molecule has 1 fully saturated rings. The molecule has 124 valence electrons. The van der Waals surface area contributed by atoms with Gasteiger partial charge in [-0.3, -0.25) is 9.89 Å². The first-order chi connectivity index (χ1) is 9.83. The standard InChI is InChI=1S/C14H27F3N4/c1-11-6-4-5-9-21(11)12(2)10-20-13(18-3)19-8-7-14(15,16)17/h11-12H,4-10H2,1-3H3,(H2,18,19,20). The van der Waals surface area contributed by atoms with E-state index in [1.165, 1.54) is 19.3 Å². The van der Waals surface area contributed by atoms with Crippen LogP contribution >= 0.6 is 0 Å². The zero-order valence-corrected chi connectivity index (χ0v) is 13.1. The van der Waals surface area contributed by atoms with Gasteiger partial charge in [0.2, 0.25) is 0 Å². The van der Waals surface area contributed by atoms with E-state index in [9.17, 15) is 13.2 Å². The molecule has 2 N–H and O–H groups in total. The maximum Gasteiger partial charge on any atom is 0.390 e. The minimum Gasteiger partial charge on any atom is -0.356 e. The molecule has 1 aliphatic rings. The van der Waals surface area contributed by atoms with Gasteiger partial charge in [0.05, 0.1) is 6.42 Å². The normalized spacial score (nSPS) is 23.0. The van der Waals surface area contributed by atoms with Gasteiger partial charge in [0, 0.05) is 32.2 Å². The number of alkyl halides is 3. The SMILES string of the molecule is CN=C(NCCC(F)(F)F)NCC(C)N1CCCCC1C. The van der Waals surface area contributed by atoms with Crippen molar-refractivity contribution in [3.8, 4) is 0 Å². The Morgan fingerprint density at radius 3 is 2.62 bits per heavy atom. The fourth-order valence-corrected chi connectivity index (χ4v) is 2.68. The summed E-state index contributed by atoms with van der Waals surface area (Å²) in [5.74, 6) is 0.427. The number of halogens is 3. The zero-order chi connectivity index (χ0) is 15.9. The molecule has 1 aliphatic heterocycles. The van der Waals surface area contributed by atoms with Gasteiger partial charge in [-0.2, -0.15) is 13.2 Å². The van der Waals surface area contributed by atoms with Crippen LogP contribution in [0, 0.1) is 0 Å². The minimum atomic E-state index is -4.14. The predicted octanol–water partition coefficient (Wildman–Crippen LogP) is 2.37. The van der Waals surface area contributed by atoms with Crippen LogP contribution < -0.4 is 10.6 Å². The number of aliphatic imine (C=N–C) groups is 1. The molecule has 7 heteroatoms. The molecule has 0 aromatic carbocycles. The molecule has 1 rings (SSSR count). The van der Waals surface area contributed by atoms with Crippen molar-refractivity contribution in [3.63, 3.8) is 0 Å². The van der Waals surface area contributed by atoms with E-state index in [1.54, 1.807) is 7.05 Å². The van der Waals surface area contributed by atoms with Gasteiger partial charge in [0.1, 0.15) is 0 Å². The van der Waals surface area contributed by atoms with Crippen molar-refractivity contribution < 1.29 is 13.2 Å². The fraction of sp³-hybridized carbons (Fsp3) is 0.929. The summed E-state index contributed by atoms with van der Waals surface area (Å²) in [6, 6.07) is 0.900. The largest absolute Gasteiger partial charge is 0.390 e. The van der Waals surface area contributed by atoms with E-state index in [-0.39, 0.29) is 6.54 Å². The van der Waals surface area contributed by atoms with Crippen LogP contribution in [0.25, 0.3) is 0 Å². The van der Waals surface area contributed by atoms with Crippen molar-refractivity contribution in [2.45, 2.75) is 57.8 Å². The van der Waals surface area contributed by atoms with Gasteiger partial charge in [-0.1, -0.05) is 6.42 Å². The maximum absolute atomic E-state index is 12.1. The zero-order valence-electron chi connectivity index (χ0n) is 13.1. The van der Waals surface area contributed by atoms with Crippen molar-refractivity contribution in [2.75, 3.05) is 26.7 Å². The third kappa shape index (κ3) is 7.02. The van der Waals surface area contributed by atoms with Crippen molar-refractivity contribution in [1.82, 2.24) is 15.5 Å². The van der Waals surface area contributed by atoms with Crippen LogP contribution in [0.15, 0.2) is 4.99 Å². The lowest BCUT2D eigenvalue weighted by molar-refractivity contribution is -0.132. The smallest absolute Gasteiger partial charge is 0.356 e. The highest BCUT2D eigenvalue weighted by molar-refractivity contribution is 5.79. The van der Waals surface area contributed by atoms with Crippen LogP contribution in [-0.4, -0.2) is 55.8 Å². The highest BCUT2D eigenvalue weighted by Gasteiger charge is 2.26. The molecule has 0 aromatic heterocycles. The maximum atomic E-state index is 12.1. The van der Waals surface area contributed by atoms with Crippen LogP contribution in [0.1, 0.15) is 39.5 Å². The summed E-state index contributed by atoms with van der Waals surface area (Å²) in [5.41, 5.74) is 0. The van der Waals surface area contributed by atoms with Crippen LogP contribution in [0.5, 0.6) is 0 Å². The Hall–Kier alpha value is -0.980. The Morgan fingerprint density at radius 1 is 1.33 bits per heavy atom. The number of hydrogen-bond acceptors (Lipinski definition) is 2. The summed E-state index contributed by atoms with van der Waals surface area (Å²) < 4.78 is 36.3. The van der Waals surface area contributed by atoms with Gasteiger partial charge < -0.3 is 10.6 Å². The monoisotopic (exact) mass is 308 g/mol.